The Morgan fingerprint density at radius 1 is 1.33 bits per heavy atom. The summed E-state index contributed by atoms with van der Waals surface area (Å²) < 4.78 is 7.32. The van der Waals surface area contributed by atoms with Crippen LogP contribution in [0.3, 0.4) is 0 Å². The van der Waals surface area contributed by atoms with Crippen LogP contribution in [0.4, 0.5) is 10.6 Å². The minimum absolute atomic E-state index is 0.143. The Labute approximate surface area is 139 Å². The highest BCUT2D eigenvalue weighted by Gasteiger charge is 2.46. The van der Waals surface area contributed by atoms with E-state index in [4.69, 9.17) is 4.74 Å². The molecule has 8 nitrogen and oxygen atoms in total. The van der Waals surface area contributed by atoms with E-state index in [-0.39, 0.29) is 11.4 Å². The van der Waals surface area contributed by atoms with Gasteiger partial charge in [-0.25, -0.2) is 4.79 Å². The number of rotatable bonds is 2. The van der Waals surface area contributed by atoms with Crippen molar-refractivity contribution in [1.82, 2.24) is 24.9 Å². The summed E-state index contributed by atoms with van der Waals surface area (Å²) in [7, 11) is 1.85. The predicted molar refractivity (Wildman–Crippen MR) is 87.3 cm³/mol. The van der Waals surface area contributed by atoms with E-state index in [1.54, 1.807) is 16.9 Å². The Kier molecular flexibility index (Phi) is 3.68. The zero-order valence-electron chi connectivity index (χ0n) is 13.6. The smallest absolute Gasteiger partial charge is 0.323 e. The number of aromatic nitrogens is 4. The summed E-state index contributed by atoms with van der Waals surface area (Å²) in [5.74, 6) is 0.447. The first-order valence-corrected chi connectivity index (χ1v) is 8.10. The van der Waals surface area contributed by atoms with Gasteiger partial charge in [0.25, 0.3) is 0 Å². The van der Waals surface area contributed by atoms with Crippen LogP contribution in [0, 0.1) is 5.41 Å². The van der Waals surface area contributed by atoms with E-state index in [9.17, 15) is 4.79 Å². The van der Waals surface area contributed by atoms with Crippen molar-refractivity contribution in [3.05, 3.63) is 24.5 Å². The number of aryl methyl sites for hydroxylation is 1. The molecule has 1 aliphatic carbocycles. The number of ether oxygens (including phenoxy) is 1. The molecule has 8 heteroatoms. The predicted octanol–water partition coefficient (Wildman–Crippen LogP) is 1.52. The van der Waals surface area contributed by atoms with Crippen LogP contribution in [0.2, 0.25) is 0 Å². The van der Waals surface area contributed by atoms with Gasteiger partial charge >= 0.3 is 6.03 Å². The molecule has 3 heterocycles. The lowest BCUT2D eigenvalue weighted by Crippen LogP contribution is -2.39. The van der Waals surface area contributed by atoms with E-state index in [1.165, 1.54) is 0 Å². The third-order valence-electron chi connectivity index (χ3n) is 4.58. The Balaban J connectivity index is 1.42. The van der Waals surface area contributed by atoms with E-state index >= 15 is 0 Å². The van der Waals surface area contributed by atoms with E-state index in [2.05, 4.69) is 20.6 Å². The van der Waals surface area contributed by atoms with Crippen molar-refractivity contribution in [1.29, 1.82) is 0 Å². The second kappa shape index (κ2) is 5.86. The molecule has 0 radical (unpaired) electrons. The van der Waals surface area contributed by atoms with Crippen LogP contribution in [0.25, 0.3) is 11.3 Å². The molecule has 126 valence electrons. The van der Waals surface area contributed by atoms with Crippen LogP contribution in [0.15, 0.2) is 24.5 Å². The lowest BCUT2D eigenvalue weighted by Gasteiger charge is -2.23. The van der Waals surface area contributed by atoms with E-state index in [0.717, 1.165) is 37.3 Å². The second-order valence-corrected chi connectivity index (χ2v) is 6.61. The number of anilines is 1. The molecule has 4 rings (SSSR count). The Bertz CT molecular complexity index is 737. The van der Waals surface area contributed by atoms with Crippen molar-refractivity contribution < 1.29 is 9.53 Å². The van der Waals surface area contributed by atoms with Crippen molar-refractivity contribution in [2.24, 2.45) is 12.5 Å². The summed E-state index contributed by atoms with van der Waals surface area (Å²) in [5.41, 5.74) is 1.80. The molecule has 1 aliphatic heterocycles. The van der Waals surface area contributed by atoms with E-state index < -0.39 is 0 Å². The first kappa shape index (κ1) is 15.1. The molecule has 2 amide bonds. The zero-order chi connectivity index (χ0) is 16.6. The first-order chi connectivity index (χ1) is 11.6. The fourth-order valence-electron chi connectivity index (χ4n) is 2.94. The molecule has 0 unspecified atom stereocenters. The maximum Gasteiger partial charge on any atom is 0.323 e. The Morgan fingerprint density at radius 2 is 2.21 bits per heavy atom. The number of hydrogen-bond acceptors (Lipinski definition) is 5. The lowest BCUT2D eigenvalue weighted by atomic mass is 10.1. The maximum atomic E-state index is 12.5. The van der Waals surface area contributed by atoms with Gasteiger partial charge in [-0.05, 0) is 25.0 Å². The average Bonchev–Trinajstić information content (AvgIpc) is 3.28. The second-order valence-electron chi connectivity index (χ2n) is 6.61. The van der Waals surface area contributed by atoms with Crippen LogP contribution in [-0.4, -0.2) is 57.2 Å². The molecule has 2 aromatic rings. The van der Waals surface area contributed by atoms with Crippen molar-refractivity contribution >= 4 is 11.8 Å². The molecule has 0 bridgehead atoms. The van der Waals surface area contributed by atoms with Crippen molar-refractivity contribution in [2.75, 3.05) is 31.6 Å². The van der Waals surface area contributed by atoms with Crippen molar-refractivity contribution in [2.45, 2.75) is 12.8 Å². The van der Waals surface area contributed by atoms with E-state index in [1.807, 2.05) is 24.2 Å². The van der Waals surface area contributed by atoms with Crippen LogP contribution in [-0.2, 0) is 11.8 Å². The summed E-state index contributed by atoms with van der Waals surface area (Å²) in [6, 6.07) is 3.44. The minimum Gasteiger partial charge on any atom is -0.379 e. The molecule has 1 spiro atoms. The fourth-order valence-corrected chi connectivity index (χ4v) is 2.94. The third kappa shape index (κ3) is 3.09. The van der Waals surface area contributed by atoms with Gasteiger partial charge in [0, 0.05) is 37.3 Å². The Hall–Kier alpha value is -2.48. The SMILES string of the molecule is Cn1cc(-c2ccc(NC(=O)N3CCOCC4(CC4)C3)nn2)cn1. The molecule has 1 saturated heterocycles. The number of nitrogens with one attached hydrogen (secondary N) is 1. The lowest BCUT2D eigenvalue weighted by molar-refractivity contribution is 0.115. The molecular formula is C16H20N6O2. The van der Waals surface area contributed by atoms with Crippen molar-refractivity contribution in [3.8, 4) is 11.3 Å². The van der Waals surface area contributed by atoms with Crippen LogP contribution < -0.4 is 5.32 Å². The van der Waals surface area contributed by atoms with Gasteiger partial charge in [-0.2, -0.15) is 5.10 Å². The molecule has 2 aromatic heterocycles. The quantitative estimate of drug-likeness (QED) is 0.903. The van der Waals surface area contributed by atoms with Gasteiger partial charge < -0.3 is 9.64 Å². The Morgan fingerprint density at radius 3 is 2.88 bits per heavy atom. The van der Waals surface area contributed by atoms with Gasteiger partial charge in [0.2, 0.25) is 0 Å². The average molecular weight is 328 g/mol. The summed E-state index contributed by atoms with van der Waals surface area (Å²) in [6.07, 6.45) is 5.87. The zero-order valence-corrected chi connectivity index (χ0v) is 13.6. The number of urea groups is 1. The minimum atomic E-state index is -0.143. The van der Waals surface area contributed by atoms with Crippen LogP contribution in [0.1, 0.15) is 12.8 Å². The highest BCUT2D eigenvalue weighted by molar-refractivity contribution is 5.88. The number of nitrogens with zero attached hydrogens (tertiary/aromatic N) is 5. The number of carbonyl (C=O) groups excluding carboxylic acids is 1. The molecule has 24 heavy (non-hydrogen) atoms. The van der Waals surface area contributed by atoms with Crippen molar-refractivity contribution in [3.63, 3.8) is 0 Å². The summed E-state index contributed by atoms with van der Waals surface area (Å²) in [6.45, 7) is 2.70. The molecule has 2 aliphatic rings. The first-order valence-electron chi connectivity index (χ1n) is 8.10. The summed E-state index contributed by atoms with van der Waals surface area (Å²) in [4.78, 5) is 14.3. The largest absolute Gasteiger partial charge is 0.379 e. The summed E-state index contributed by atoms with van der Waals surface area (Å²) >= 11 is 0. The summed E-state index contributed by atoms with van der Waals surface area (Å²) in [5, 5.41) is 15.2. The molecular weight excluding hydrogens is 308 g/mol. The van der Waals surface area contributed by atoms with Crippen LogP contribution >= 0.6 is 0 Å². The fraction of sp³-hybridized carbons (Fsp3) is 0.500. The van der Waals surface area contributed by atoms with Gasteiger partial charge in [0.1, 0.15) is 0 Å². The van der Waals surface area contributed by atoms with Gasteiger partial charge in [0.15, 0.2) is 5.82 Å². The highest BCUT2D eigenvalue weighted by Crippen LogP contribution is 2.47. The molecule has 0 aromatic carbocycles. The topological polar surface area (TPSA) is 85.2 Å². The molecule has 1 N–H and O–H groups in total. The number of carbonyl (C=O) groups is 1. The van der Waals surface area contributed by atoms with Gasteiger partial charge in [-0.3, -0.25) is 10.00 Å². The van der Waals surface area contributed by atoms with Gasteiger partial charge in [-0.1, -0.05) is 0 Å². The number of amides is 2. The molecule has 0 atom stereocenters. The van der Waals surface area contributed by atoms with Gasteiger partial charge in [-0.15, -0.1) is 10.2 Å². The molecule has 1 saturated carbocycles. The third-order valence-corrected chi connectivity index (χ3v) is 4.58. The highest BCUT2D eigenvalue weighted by atomic mass is 16.5. The maximum absolute atomic E-state index is 12.5. The van der Waals surface area contributed by atoms with E-state index in [0.29, 0.717) is 19.0 Å². The van der Waals surface area contributed by atoms with Gasteiger partial charge in [0.05, 0.1) is 25.1 Å². The molecule has 2 fully saturated rings. The normalized spacial score (nSPS) is 19.1. The number of hydrogen-bond donors (Lipinski definition) is 1. The standard InChI is InChI=1S/C16H20N6O2/c1-21-9-12(8-17-21)13-2-3-14(20-19-13)18-15(23)22-6-7-24-11-16(10-22)4-5-16/h2-3,8-9H,4-7,10-11H2,1H3,(H,18,20,23). The van der Waals surface area contributed by atoms with Crippen LogP contribution in [0.5, 0.6) is 0 Å². The monoisotopic (exact) mass is 328 g/mol.